The second-order valence-corrected chi connectivity index (χ2v) is 9.87. The van der Waals surface area contributed by atoms with Gasteiger partial charge in [-0.1, -0.05) is 24.3 Å². The Morgan fingerprint density at radius 2 is 1.97 bits per heavy atom. The quantitative estimate of drug-likeness (QED) is 0.546. The number of rotatable bonds is 6. The molecule has 1 amide bonds. The van der Waals surface area contributed by atoms with Gasteiger partial charge in [-0.3, -0.25) is 9.59 Å². The van der Waals surface area contributed by atoms with E-state index in [0.717, 1.165) is 21.6 Å². The summed E-state index contributed by atoms with van der Waals surface area (Å²) in [7, 11) is -4.01. The average Bonchev–Trinajstić information content (AvgIpc) is 3.28. The topological polar surface area (TPSA) is 119 Å². The second kappa shape index (κ2) is 9.31. The van der Waals surface area contributed by atoms with Gasteiger partial charge in [0.05, 0.1) is 11.7 Å². The zero-order valence-corrected chi connectivity index (χ0v) is 19.0. The third kappa shape index (κ3) is 4.50. The molecule has 1 N–H and O–H groups in total. The fourth-order valence-electron chi connectivity index (χ4n) is 3.68. The smallest absolute Gasteiger partial charge is 0.324 e. The summed E-state index contributed by atoms with van der Waals surface area (Å²) in [6.45, 7) is 1.54. The van der Waals surface area contributed by atoms with E-state index in [9.17, 15) is 18.0 Å². The molecule has 1 atom stereocenters. The van der Waals surface area contributed by atoms with Crippen LogP contribution in [0.2, 0.25) is 0 Å². The molecule has 1 aliphatic heterocycles. The molecule has 1 saturated heterocycles. The first-order valence-electron chi connectivity index (χ1n) is 10.1. The van der Waals surface area contributed by atoms with Crippen molar-refractivity contribution < 1.29 is 22.7 Å². The number of hydrogen-bond acceptors (Lipinski definition) is 8. The Morgan fingerprint density at radius 1 is 1.16 bits per heavy atom. The number of aromatic nitrogens is 2. The van der Waals surface area contributed by atoms with Crippen molar-refractivity contribution in [2.75, 3.05) is 18.5 Å². The van der Waals surface area contributed by atoms with Crippen LogP contribution in [-0.4, -0.2) is 52.5 Å². The number of carbonyl (C=O) groups excluding carboxylic acids is 2. The second-order valence-electron chi connectivity index (χ2n) is 7.49. The first-order chi connectivity index (χ1) is 15.4. The van der Waals surface area contributed by atoms with Crippen molar-refractivity contribution in [2.24, 2.45) is 0 Å². The maximum absolute atomic E-state index is 13.4. The first-order valence-corrected chi connectivity index (χ1v) is 12.3. The summed E-state index contributed by atoms with van der Waals surface area (Å²) < 4.78 is 41.4. The summed E-state index contributed by atoms with van der Waals surface area (Å²) in [4.78, 5) is 25.0. The lowest BCUT2D eigenvalue weighted by Gasteiger charge is -2.32. The summed E-state index contributed by atoms with van der Waals surface area (Å²) in [5, 5.41) is 2.69. The Kier molecular flexibility index (Phi) is 6.49. The van der Waals surface area contributed by atoms with Gasteiger partial charge in [0.15, 0.2) is 6.61 Å². The standard InChI is InChI=1S/C21H22N4O5S2/c1-14-7-2-3-8-15(14)22-19(26)13-30-21(27)17-10-4-5-12-25(17)32(28,29)18-11-6-9-16-20(18)24-31-23-16/h2-3,6-9,11,17H,4-5,10,12-13H2,1H3,(H,22,26)/t17-/m1/s1. The Morgan fingerprint density at radius 3 is 2.78 bits per heavy atom. The zero-order chi connectivity index (χ0) is 22.7. The highest BCUT2D eigenvalue weighted by molar-refractivity contribution is 7.89. The molecule has 0 saturated carbocycles. The van der Waals surface area contributed by atoms with Crippen LogP contribution in [0.4, 0.5) is 5.69 Å². The fraction of sp³-hybridized carbons (Fsp3) is 0.333. The number of fused-ring (bicyclic) bond motifs is 1. The highest BCUT2D eigenvalue weighted by Crippen LogP contribution is 2.29. The minimum atomic E-state index is -4.01. The van der Waals surface area contributed by atoms with E-state index in [1.54, 1.807) is 24.3 Å². The number of nitrogens with zero attached hydrogens (tertiary/aromatic N) is 3. The van der Waals surface area contributed by atoms with E-state index >= 15 is 0 Å². The van der Waals surface area contributed by atoms with E-state index in [-0.39, 0.29) is 17.0 Å². The Hall–Kier alpha value is -2.89. The number of sulfonamides is 1. The highest BCUT2D eigenvalue weighted by Gasteiger charge is 2.39. The van der Waals surface area contributed by atoms with Gasteiger partial charge in [-0.05, 0) is 49.9 Å². The molecule has 0 spiro atoms. The number of piperidine rings is 1. The number of carbonyl (C=O) groups is 2. The van der Waals surface area contributed by atoms with Crippen LogP contribution in [0.1, 0.15) is 24.8 Å². The molecule has 1 aromatic heterocycles. The Labute approximate surface area is 189 Å². The van der Waals surface area contributed by atoms with E-state index in [4.69, 9.17) is 4.74 Å². The van der Waals surface area contributed by atoms with E-state index < -0.39 is 34.5 Å². The SMILES string of the molecule is Cc1ccccc1NC(=O)COC(=O)[C@H]1CCCCN1S(=O)(=O)c1cccc2nsnc12. The summed E-state index contributed by atoms with van der Waals surface area (Å²) in [6.07, 6.45) is 1.63. The van der Waals surface area contributed by atoms with Crippen molar-refractivity contribution in [3.05, 3.63) is 48.0 Å². The zero-order valence-electron chi connectivity index (χ0n) is 17.4. The predicted molar refractivity (Wildman–Crippen MR) is 120 cm³/mol. The van der Waals surface area contributed by atoms with Gasteiger partial charge in [0, 0.05) is 12.2 Å². The molecule has 2 aromatic carbocycles. The van der Waals surface area contributed by atoms with Crippen LogP contribution >= 0.6 is 11.7 Å². The van der Waals surface area contributed by atoms with Crippen molar-refractivity contribution >= 4 is 50.3 Å². The lowest BCUT2D eigenvalue weighted by atomic mass is 10.1. The monoisotopic (exact) mass is 474 g/mol. The Balaban J connectivity index is 1.48. The van der Waals surface area contributed by atoms with Gasteiger partial charge in [-0.15, -0.1) is 0 Å². The molecule has 0 bridgehead atoms. The van der Waals surface area contributed by atoms with Gasteiger partial charge in [-0.25, -0.2) is 8.42 Å². The van der Waals surface area contributed by atoms with E-state index in [2.05, 4.69) is 14.1 Å². The average molecular weight is 475 g/mol. The molecule has 0 aliphatic carbocycles. The molecule has 0 radical (unpaired) electrons. The summed E-state index contributed by atoms with van der Waals surface area (Å²) >= 11 is 0.931. The molecule has 4 rings (SSSR count). The van der Waals surface area contributed by atoms with Crippen LogP contribution in [0.3, 0.4) is 0 Å². The van der Waals surface area contributed by atoms with Gasteiger partial charge in [0.1, 0.15) is 22.0 Å². The fourth-order valence-corrected chi connectivity index (χ4v) is 6.08. The van der Waals surface area contributed by atoms with Crippen LogP contribution in [0.25, 0.3) is 11.0 Å². The van der Waals surface area contributed by atoms with Crippen LogP contribution in [0.15, 0.2) is 47.4 Å². The van der Waals surface area contributed by atoms with Crippen LogP contribution in [0, 0.1) is 6.92 Å². The number of ether oxygens (including phenoxy) is 1. The molecule has 2 heterocycles. The first kappa shape index (κ1) is 22.3. The maximum Gasteiger partial charge on any atom is 0.324 e. The normalized spacial score (nSPS) is 17.2. The van der Waals surface area contributed by atoms with Crippen molar-refractivity contribution in [2.45, 2.75) is 37.1 Å². The van der Waals surface area contributed by atoms with Crippen molar-refractivity contribution in [1.29, 1.82) is 0 Å². The molecule has 1 aliphatic rings. The molecule has 11 heteroatoms. The van der Waals surface area contributed by atoms with E-state index in [1.807, 2.05) is 19.1 Å². The van der Waals surface area contributed by atoms with Crippen LogP contribution in [0.5, 0.6) is 0 Å². The van der Waals surface area contributed by atoms with Crippen molar-refractivity contribution in [3.8, 4) is 0 Å². The molecule has 3 aromatic rings. The number of benzene rings is 2. The highest BCUT2D eigenvalue weighted by atomic mass is 32.2. The number of esters is 1. The Bertz CT molecular complexity index is 1260. The number of nitrogens with one attached hydrogen (secondary N) is 1. The molecular weight excluding hydrogens is 452 g/mol. The minimum Gasteiger partial charge on any atom is -0.454 e. The summed E-state index contributed by atoms with van der Waals surface area (Å²) in [6, 6.07) is 11.0. The molecule has 0 unspecified atom stereocenters. The lowest BCUT2D eigenvalue weighted by Crippen LogP contribution is -2.49. The minimum absolute atomic E-state index is 0.0146. The number of aryl methyl sites for hydroxylation is 1. The number of hydrogen-bond donors (Lipinski definition) is 1. The lowest BCUT2D eigenvalue weighted by molar-refractivity contribution is -0.152. The van der Waals surface area contributed by atoms with Crippen LogP contribution < -0.4 is 5.32 Å². The van der Waals surface area contributed by atoms with Gasteiger partial charge in [0.2, 0.25) is 10.0 Å². The molecule has 9 nitrogen and oxygen atoms in total. The maximum atomic E-state index is 13.4. The molecule has 32 heavy (non-hydrogen) atoms. The van der Waals surface area contributed by atoms with E-state index in [0.29, 0.717) is 30.5 Å². The van der Waals surface area contributed by atoms with Gasteiger partial charge >= 0.3 is 5.97 Å². The third-order valence-corrected chi connectivity index (χ3v) is 7.81. The number of para-hydroxylation sites is 1. The summed E-state index contributed by atoms with van der Waals surface area (Å²) in [5.74, 6) is -1.23. The molecule has 1 fully saturated rings. The molecule has 168 valence electrons. The van der Waals surface area contributed by atoms with Gasteiger partial charge < -0.3 is 10.1 Å². The van der Waals surface area contributed by atoms with Crippen molar-refractivity contribution in [1.82, 2.24) is 13.1 Å². The van der Waals surface area contributed by atoms with Gasteiger partial charge in [0.25, 0.3) is 5.91 Å². The third-order valence-electron chi connectivity index (χ3n) is 5.33. The van der Waals surface area contributed by atoms with Gasteiger partial charge in [-0.2, -0.15) is 13.1 Å². The largest absolute Gasteiger partial charge is 0.454 e. The van der Waals surface area contributed by atoms with Crippen molar-refractivity contribution in [3.63, 3.8) is 0 Å². The molecular formula is C21H22N4O5S2. The predicted octanol–water partition coefficient (Wildman–Crippen LogP) is 2.72. The number of amides is 1. The number of anilines is 1. The van der Waals surface area contributed by atoms with Crippen LogP contribution in [-0.2, 0) is 24.3 Å². The van der Waals surface area contributed by atoms with E-state index in [1.165, 1.54) is 6.07 Å². The summed E-state index contributed by atoms with van der Waals surface area (Å²) in [5.41, 5.74) is 2.27.